The van der Waals surface area contributed by atoms with E-state index in [1.54, 1.807) is 24.5 Å². The fraction of sp³-hybridized carbons (Fsp3) is 0.258. The third kappa shape index (κ3) is 7.17. The van der Waals surface area contributed by atoms with Crippen LogP contribution in [0.4, 0.5) is 0 Å². The van der Waals surface area contributed by atoms with Gasteiger partial charge in [0, 0.05) is 37.5 Å². The zero-order valence-electron chi connectivity index (χ0n) is 20.5. The zero-order chi connectivity index (χ0) is 25.2. The Bertz CT molecular complexity index is 1230. The van der Waals surface area contributed by atoms with Crippen LogP contribution in [-0.2, 0) is 17.8 Å². The van der Waals surface area contributed by atoms with Crippen molar-refractivity contribution in [2.75, 3.05) is 19.7 Å². The van der Waals surface area contributed by atoms with Gasteiger partial charge in [-0.05, 0) is 71.8 Å². The summed E-state index contributed by atoms with van der Waals surface area (Å²) in [5.74, 6) is -0.182. The molecule has 0 bridgehead atoms. The molecule has 0 unspecified atom stereocenters. The van der Waals surface area contributed by atoms with Gasteiger partial charge in [-0.1, -0.05) is 60.7 Å². The first kappa shape index (κ1) is 25.4. The highest BCUT2D eigenvalue weighted by Crippen LogP contribution is 2.29. The number of aliphatic hydroxyl groups excluding tert-OH is 1. The topological polar surface area (TPSA) is 70.5 Å². The first-order valence-electron chi connectivity index (χ1n) is 12.5. The van der Waals surface area contributed by atoms with Crippen LogP contribution >= 0.6 is 0 Å². The van der Waals surface area contributed by atoms with Crippen molar-refractivity contribution in [3.8, 4) is 0 Å². The van der Waals surface area contributed by atoms with E-state index in [-0.39, 0.29) is 11.6 Å². The number of aliphatic hydroxyl groups is 1. The van der Waals surface area contributed by atoms with Gasteiger partial charge in [-0.2, -0.15) is 0 Å². The lowest BCUT2D eigenvalue weighted by Gasteiger charge is -2.23. The summed E-state index contributed by atoms with van der Waals surface area (Å²) < 4.78 is 0. The van der Waals surface area contributed by atoms with E-state index in [4.69, 9.17) is 5.11 Å². The fourth-order valence-corrected chi connectivity index (χ4v) is 4.51. The maximum atomic E-state index is 12.5. The van der Waals surface area contributed by atoms with Crippen LogP contribution in [0.3, 0.4) is 0 Å². The van der Waals surface area contributed by atoms with Crippen molar-refractivity contribution < 1.29 is 14.7 Å². The van der Waals surface area contributed by atoms with E-state index in [0.717, 1.165) is 44.5 Å². The van der Waals surface area contributed by atoms with E-state index in [1.165, 1.54) is 28.3 Å². The van der Waals surface area contributed by atoms with Gasteiger partial charge in [-0.15, -0.1) is 0 Å². The molecule has 3 aromatic rings. The predicted molar refractivity (Wildman–Crippen MR) is 143 cm³/mol. The smallest absolute Gasteiger partial charge is 0.181 e. The minimum Gasteiger partial charge on any atom is -0.388 e. The van der Waals surface area contributed by atoms with Gasteiger partial charge in [0.1, 0.15) is 6.61 Å². The molecular weight excluding hydrogens is 448 g/mol. The number of Topliss-reactive ketones (excluding diaryl/α,β-unsaturated/α-hetero) is 1. The molecule has 1 N–H and O–H groups in total. The number of hydrogen-bond acceptors (Lipinski definition) is 5. The molecule has 184 valence electrons. The summed E-state index contributed by atoms with van der Waals surface area (Å²) in [6.45, 7) is 2.05. The van der Waals surface area contributed by atoms with Gasteiger partial charge in [0.15, 0.2) is 11.6 Å². The number of carbonyl (C=O) groups is 2. The molecule has 0 amide bonds. The molecule has 4 rings (SSSR count). The van der Waals surface area contributed by atoms with Crippen molar-refractivity contribution in [3.63, 3.8) is 0 Å². The highest BCUT2D eigenvalue weighted by atomic mass is 16.3. The Balaban J connectivity index is 1.38. The van der Waals surface area contributed by atoms with Gasteiger partial charge in [-0.25, -0.2) is 0 Å². The minimum atomic E-state index is -0.478. The first-order valence-corrected chi connectivity index (χ1v) is 12.5. The Morgan fingerprint density at radius 3 is 2.61 bits per heavy atom. The second kappa shape index (κ2) is 12.9. The van der Waals surface area contributed by atoms with Crippen LogP contribution in [0.5, 0.6) is 0 Å². The molecule has 1 aromatic heterocycles. The summed E-state index contributed by atoms with van der Waals surface area (Å²) in [5.41, 5.74) is 6.92. The molecule has 36 heavy (non-hydrogen) atoms. The van der Waals surface area contributed by atoms with Crippen molar-refractivity contribution in [1.82, 2.24) is 9.88 Å². The molecule has 0 saturated carbocycles. The van der Waals surface area contributed by atoms with Crippen molar-refractivity contribution in [2.45, 2.75) is 32.2 Å². The number of ketones is 2. The van der Waals surface area contributed by atoms with Crippen molar-refractivity contribution >= 4 is 23.2 Å². The number of rotatable bonds is 13. The summed E-state index contributed by atoms with van der Waals surface area (Å²) in [5, 5.41) is 8.87. The molecule has 0 aliphatic heterocycles. The molecule has 0 radical (unpaired) electrons. The van der Waals surface area contributed by atoms with Crippen LogP contribution in [-0.4, -0.2) is 46.3 Å². The van der Waals surface area contributed by atoms with Crippen LogP contribution in [0, 0.1) is 0 Å². The van der Waals surface area contributed by atoms with Crippen LogP contribution in [0.15, 0.2) is 85.2 Å². The van der Waals surface area contributed by atoms with E-state index in [0.29, 0.717) is 12.0 Å². The second-order valence-corrected chi connectivity index (χ2v) is 9.08. The van der Waals surface area contributed by atoms with Crippen molar-refractivity contribution in [2.24, 2.45) is 0 Å². The molecule has 5 heteroatoms. The molecule has 0 saturated heterocycles. The molecule has 0 spiro atoms. The van der Waals surface area contributed by atoms with E-state index in [1.807, 2.05) is 18.2 Å². The number of fused-ring (bicyclic) bond motifs is 1. The Morgan fingerprint density at radius 1 is 1.00 bits per heavy atom. The van der Waals surface area contributed by atoms with E-state index >= 15 is 0 Å². The maximum Gasteiger partial charge on any atom is 0.181 e. The Morgan fingerprint density at radius 2 is 1.83 bits per heavy atom. The van der Waals surface area contributed by atoms with E-state index in [9.17, 15) is 9.59 Å². The van der Waals surface area contributed by atoms with Crippen LogP contribution in [0.2, 0.25) is 0 Å². The molecule has 0 fully saturated rings. The van der Waals surface area contributed by atoms with Crippen LogP contribution < -0.4 is 0 Å². The molecule has 1 aliphatic carbocycles. The first-order chi connectivity index (χ1) is 17.6. The average Bonchev–Trinajstić information content (AvgIpc) is 3.34. The predicted octanol–water partition coefficient (Wildman–Crippen LogP) is 5.15. The van der Waals surface area contributed by atoms with Crippen molar-refractivity contribution in [1.29, 1.82) is 0 Å². The molecule has 1 heterocycles. The lowest BCUT2D eigenvalue weighted by molar-refractivity contribution is -0.117. The SMILES string of the molecule is O=C(/C=C/c1ccc(CN(CCCC(=O)c2cccnc2)CCC2=CCc3ccccc32)cc1)CO. The van der Waals surface area contributed by atoms with Gasteiger partial charge in [-0.3, -0.25) is 19.5 Å². The van der Waals surface area contributed by atoms with E-state index < -0.39 is 6.61 Å². The molecule has 0 atom stereocenters. The van der Waals surface area contributed by atoms with Gasteiger partial charge in [0.25, 0.3) is 0 Å². The number of nitrogens with zero attached hydrogens (tertiary/aromatic N) is 2. The molecule has 1 aliphatic rings. The maximum absolute atomic E-state index is 12.5. The van der Waals surface area contributed by atoms with Gasteiger partial charge in [0.05, 0.1) is 0 Å². The summed E-state index contributed by atoms with van der Waals surface area (Å²) in [6.07, 6.45) is 12.0. The fourth-order valence-electron chi connectivity index (χ4n) is 4.51. The molecule has 5 nitrogen and oxygen atoms in total. The molecule has 2 aromatic carbocycles. The quantitative estimate of drug-likeness (QED) is 0.271. The monoisotopic (exact) mass is 480 g/mol. The third-order valence-corrected chi connectivity index (χ3v) is 6.49. The summed E-state index contributed by atoms with van der Waals surface area (Å²) in [7, 11) is 0. The Hall–Kier alpha value is -3.67. The number of carbonyl (C=O) groups excluding carboxylic acids is 2. The van der Waals surface area contributed by atoms with E-state index in [2.05, 4.69) is 52.4 Å². The zero-order valence-corrected chi connectivity index (χ0v) is 20.5. The number of hydrogen-bond donors (Lipinski definition) is 1. The highest BCUT2D eigenvalue weighted by Gasteiger charge is 2.15. The number of benzene rings is 2. The standard InChI is InChI=1S/C31H32N2O3/c34-23-29(35)16-13-24-9-11-25(12-10-24)22-33(19-4-8-31(36)28-6-3-18-32-21-28)20-17-27-15-14-26-5-1-2-7-30(26)27/h1-3,5-7,9-13,15-16,18,21,34H,4,8,14,17,19-20,22-23H2/b16-13+. The Kier molecular flexibility index (Phi) is 9.09. The Labute approximate surface area is 212 Å². The minimum absolute atomic E-state index is 0.129. The summed E-state index contributed by atoms with van der Waals surface area (Å²) in [6, 6.07) is 20.3. The summed E-state index contributed by atoms with van der Waals surface area (Å²) in [4.78, 5) is 30.3. The average molecular weight is 481 g/mol. The second-order valence-electron chi connectivity index (χ2n) is 9.08. The lowest BCUT2D eigenvalue weighted by atomic mass is 10.0. The summed E-state index contributed by atoms with van der Waals surface area (Å²) >= 11 is 0. The van der Waals surface area contributed by atoms with Crippen LogP contribution in [0.1, 0.15) is 51.9 Å². The largest absolute Gasteiger partial charge is 0.388 e. The normalized spacial score (nSPS) is 12.7. The highest BCUT2D eigenvalue weighted by molar-refractivity contribution is 5.95. The number of allylic oxidation sites excluding steroid dienone is 1. The van der Waals surface area contributed by atoms with Gasteiger partial charge in [0.2, 0.25) is 0 Å². The number of aromatic nitrogens is 1. The molecular formula is C31H32N2O3. The number of pyridine rings is 1. The van der Waals surface area contributed by atoms with Gasteiger partial charge >= 0.3 is 0 Å². The van der Waals surface area contributed by atoms with Crippen LogP contribution in [0.25, 0.3) is 11.6 Å². The third-order valence-electron chi connectivity index (χ3n) is 6.49. The lowest BCUT2D eigenvalue weighted by Crippen LogP contribution is -2.26. The van der Waals surface area contributed by atoms with Crippen molar-refractivity contribution in [3.05, 3.63) is 113 Å². The van der Waals surface area contributed by atoms with Gasteiger partial charge < -0.3 is 5.11 Å².